The Morgan fingerprint density at radius 1 is 1.10 bits per heavy atom. The first-order valence-electron chi connectivity index (χ1n) is 7.30. The molecule has 1 rings (SSSR count). The summed E-state index contributed by atoms with van der Waals surface area (Å²) in [7, 11) is 0. The van der Waals surface area contributed by atoms with Crippen LogP contribution in [0.4, 0.5) is 0 Å². The van der Waals surface area contributed by atoms with Gasteiger partial charge in [-0.3, -0.25) is 9.59 Å². The van der Waals surface area contributed by atoms with Gasteiger partial charge in [0.2, 0.25) is 11.8 Å². The Bertz CT molecular complexity index is 305. The van der Waals surface area contributed by atoms with E-state index in [2.05, 4.69) is 22.9 Å². The maximum atomic E-state index is 11.7. The van der Waals surface area contributed by atoms with E-state index in [1.54, 1.807) is 0 Å². The van der Waals surface area contributed by atoms with Gasteiger partial charge >= 0.3 is 0 Å². The van der Waals surface area contributed by atoms with Crippen LogP contribution in [0.2, 0.25) is 0 Å². The molecule has 0 aromatic heterocycles. The van der Waals surface area contributed by atoms with E-state index in [4.69, 9.17) is 0 Å². The van der Waals surface area contributed by atoms with Gasteiger partial charge in [0, 0.05) is 25.9 Å². The molecule has 0 aromatic carbocycles. The summed E-state index contributed by atoms with van der Waals surface area (Å²) < 4.78 is 0. The zero-order valence-electron chi connectivity index (χ0n) is 12.6. The SMILES string of the molecule is CCCNC(=O)CCC(=O)NCC1(C)CCNCC1.Cl. The van der Waals surface area contributed by atoms with Crippen LogP contribution in [0.1, 0.15) is 46.0 Å². The van der Waals surface area contributed by atoms with E-state index in [9.17, 15) is 9.59 Å². The summed E-state index contributed by atoms with van der Waals surface area (Å²) in [5.74, 6) is -0.0588. The summed E-state index contributed by atoms with van der Waals surface area (Å²) in [6.07, 6.45) is 3.66. The molecule has 1 aliphatic heterocycles. The van der Waals surface area contributed by atoms with Crippen molar-refractivity contribution in [3.63, 3.8) is 0 Å². The van der Waals surface area contributed by atoms with E-state index >= 15 is 0 Å². The summed E-state index contributed by atoms with van der Waals surface area (Å²) in [6.45, 7) is 7.65. The molecular weight excluding hydrogens is 278 g/mol. The number of rotatable bonds is 7. The molecule has 1 fully saturated rings. The van der Waals surface area contributed by atoms with Gasteiger partial charge in [0.25, 0.3) is 0 Å². The molecule has 3 N–H and O–H groups in total. The van der Waals surface area contributed by atoms with Crippen molar-refractivity contribution >= 4 is 24.2 Å². The third-order valence-electron chi connectivity index (χ3n) is 3.67. The lowest BCUT2D eigenvalue weighted by molar-refractivity contribution is -0.126. The first-order valence-corrected chi connectivity index (χ1v) is 7.30. The first-order chi connectivity index (χ1) is 9.06. The molecule has 20 heavy (non-hydrogen) atoms. The van der Waals surface area contributed by atoms with Gasteiger partial charge in [0.15, 0.2) is 0 Å². The van der Waals surface area contributed by atoms with Gasteiger partial charge < -0.3 is 16.0 Å². The van der Waals surface area contributed by atoms with Gasteiger partial charge in [-0.2, -0.15) is 0 Å². The molecule has 0 aliphatic carbocycles. The summed E-state index contributed by atoms with van der Waals surface area (Å²) in [5, 5.41) is 9.05. The molecule has 1 saturated heterocycles. The molecule has 0 spiro atoms. The monoisotopic (exact) mass is 305 g/mol. The molecule has 1 aliphatic rings. The average Bonchev–Trinajstić information content (AvgIpc) is 2.41. The first kappa shape index (κ1) is 19.2. The highest BCUT2D eigenvalue weighted by molar-refractivity contribution is 5.85. The Morgan fingerprint density at radius 3 is 2.20 bits per heavy atom. The van der Waals surface area contributed by atoms with Crippen molar-refractivity contribution in [2.45, 2.75) is 46.0 Å². The van der Waals surface area contributed by atoms with Gasteiger partial charge in [-0.1, -0.05) is 13.8 Å². The van der Waals surface area contributed by atoms with E-state index in [0.717, 1.165) is 32.4 Å². The van der Waals surface area contributed by atoms with Crippen molar-refractivity contribution in [1.82, 2.24) is 16.0 Å². The van der Waals surface area contributed by atoms with Crippen molar-refractivity contribution in [2.24, 2.45) is 5.41 Å². The third kappa shape index (κ3) is 7.70. The van der Waals surface area contributed by atoms with Gasteiger partial charge in [0.1, 0.15) is 0 Å². The van der Waals surface area contributed by atoms with E-state index in [1.165, 1.54) is 0 Å². The standard InChI is InChI=1S/C14H27N3O2.ClH/c1-3-8-16-12(18)4-5-13(19)17-11-14(2)6-9-15-10-7-14;/h15H,3-11H2,1-2H3,(H,16,18)(H,17,19);1H. The number of halogens is 1. The Labute approximate surface area is 128 Å². The number of amides is 2. The van der Waals surface area contributed by atoms with Crippen molar-refractivity contribution in [3.8, 4) is 0 Å². The highest BCUT2D eigenvalue weighted by atomic mass is 35.5. The Morgan fingerprint density at radius 2 is 1.65 bits per heavy atom. The fourth-order valence-electron chi connectivity index (χ4n) is 2.19. The molecule has 6 heteroatoms. The molecular formula is C14H28ClN3O2. The second-order valence-electron chi connectivity index (χ2n) is 5.69. The van der Waals surface area contributed by atoms with Gasteiger partial charge in [-0.15, -0.1) is 12.4 Å². The highest BCUT2D eigenvalue weighted by Crippen LogP contribution is 2.26. The summed E-state index contributed by atoms with van der Waals surface area (Å²) in [6, 6.07) is 0. The smallest absolute Gasteiger partial charge is 0.220 e. The predicted octanol–water partition coefficient (Wildman–Crippen LogP) is 1.22. The van der Waals surface area contributed by atoms with Crippen LogP contribution in [-0.2, 0) is 9.59 Å². The number of hydrogen-bond donors (Lipinski definition) is 3. The van der Waals surface area contributed by atoms with Crippen molar-refractivity contribution in [2.75, 3.05) is 26.2 Å². The normalized spacial score (nSPS) is 16.9. The van der Waals surface area contributed by atoms with E-state index < -0.39 is 0 Å². The van der Waals surface area contributed by atoms with Gasteiger partial charge in [-0.25, -0.2) is 0 Å². The van der Waals surface area contributed by atoms with Crippen LogP contribution in [0.25, 0.3) is 0 Å². The molecule has 0 bridgehead atoms. The van der Waals surface area contributed by atoms with Crippen LogP contribution in [0.5, 0.6) is 0 Å². The number of piperidine rings is 1. The third-order valence-corrected chi connectivity index (χ3v) is 3.67. The molecule has 2 amide bonds. The molecule has 0 aromatic rings. The van der Waals surface area contributed by atoms with Crippen LogP contribution in [0, 0.1) is 5.41 Å². The lowest BCUT2D eigenvalue weighted by Gasteiger charge is -2.34. The number of hydrogen-bond acceptors (Lipinski definition) is 3. The lowest BCUT2D eigenvalue weighted by atomic mass is 9.81. The number of nitrogens with one attached hydrogen (secondary N) is 3. The fourth-order valence-corrected chi connectivity index (χ4v) is 2.19. The van der Waals surface area contributed by atoms with Crippen LogP contribution < -0.4 is 16.0 Å². The minimum Gasteiger partial charge on any atom is -0.356 e. The van der Waals surface area contributed by atoms with Gasteiger partial charge in [-0.05, 0) is 37.8 Å². The van der Waals surface area contributed by atoms with Crippen molar-refractivity contribution in [1.29, 1.82) is 0 Å². The van der Waals surface area contributed by atoms with E-state index in [0.29, 0.717) is 13.1 Å². The van der Waals surface area contributed by atoms with Crippen LogP contribution in [0.3, 0.4) is 0 Å². The minimum absolute atomic E-state index is 0. The van der Waals surface area contributed by atoms with E-state index in [1.807, 2.05) is 6.92 Å². The van der Waals surface area contributed by atoms with Crippen LogP contribution >= 0.6 is 12.4 Å². The zero-order chi connectivity index (χ0) is 14.1. The second-order valence-corrected chi connectivity index (χ2v) is 5.69. The van der Waals surface area contributed by atoms with Crippen LogP contribution in [-0.4, -0.2) is 38.0 Å². The lowest BCUT2D eigenvalue weighted by Crippen LogP contribution is -2.43. The van der Waals surface area contributed by atoms with Crippen molar-refractivity contribution < 1.29 is 9.59 Å². The predicted molar refractivity (Wildman–Crippen MR) is 83.0 cm³/mol. The maximum absolute atomic E-state index is 11.7. The van der Waals surface area contributed by atoms with Crippen molar-refractivity contribution in [3.05, 3.63) is 0 Å². The number of carbonyl (C=O) groups is 2. The average molecular weight is 306 g/mol. The van der Waals surface area contributed by atoms with Gasteiger partial charge in [0.05, 0.1) is 0 Å². The molecule has 1 heterocycles. The molecule has 0 atom stereocenters. The maximum Gasteiger partial charge on any atom is 0.220 e. The Balaban J connectivity index is 0.00000361. The minimum atomic E-state index is -0.0370. The Kier molecular flexibility index (Phi) is 9.59. The molecule has 0 saturated carbocycles. The number of carbonyl (C=O) groups excluding carboxylic acids is 2. The second kappa shape index (κ2) is 10.00. The van der Waals surface area contributed by atoms with Crippen LogP contribution in [0.15, 0.2) is 0 Å². The molecule has 0 radical (unpaired) electrons. The fraction of sp³-hybridized carbons (Fsp3) is 0.857. The topological polar surface area (TPSA) is 70.2 Å². The largest absolute Gasteiger partial charge is 0.356 e. The van der Waals surface area contributed by atoms with E-state index in [-0.39, 0.29) is 42.5 Å². The molecule has 5 nitrogen and oxygen atoms in total. The zero-order valence-corrected chi connectivity index (χ0v) is 13.4. The summed E-state index contributed by atoms with van der Waals surface area (Å²) in [4.78, 5) is 23.1. The highest BCUT2D eigenvalue weighted by Gasteiger charge is 2.26. The Hall–Kier alpha value is -0.810. The summed E-state index contributed by atoms with van der Waals surface area (Å²) in [5.41, 5.74) is 0.200. The quantitative estimate of drug-likeness (QED) is 0.662. The molecule has 0 unspecified atom stereocenters. The summed E-state index contributed by atoms with van der Waals surface area (Å²) >= 11 is 0. The molecule has 118 valence electrons.